The second-order valence-electron chi connectivity index (χ2n) is 9.85. The lowest BCUT2D eigenvalue weighted by Gasteiger charge is -2.23. The fourth-order valence-electron chi connectivity index (χ4n) is 4.77. The number of nitrogens with zero attached hydrogens (tertiary/aromatic N) is 3. The highest BCUT2D eigenvalue weighted by Gasteiger charge is 2.41. The predicted molar refractivity (Wildman–Crippen MR) is 126 cm³/mol. The molecule has 3 fully saturated rings. The van der Waals surface area contributed by atoms with Crippen molar-refractivity contribution in [3.63, 3.8) is 0 Å². The highest BCUT2D eigenvalue weighted by atomic mass is 19.4. The molecule has 4 rings (SSSR count). The van der Waals surface area contributed by atoms with Crippen molar-refractivity contribution in [3.05, 3.63) is 30.1 Å². The summed E-state index contributed by atoms with van der Waals surface area (Å²) in [4.78, 5) is 36.3. The van der Waals surface area contributed by atoms with E-state index in [0.717, 1.165) is 24.3 Å². The number of pyridine rings is 1. The predicted octanol–water partition coefficient (Wildman–Crippen LogP) is 4.54. The zero-order valence-corrected chi connectivity index (χ0v) is 21.9. The number of aliphatic carboxylic acids is 3. The van der Waals surface area contributed by atoms with Gasteiger partial charge in [-0.05, 0) is 42.2 Å². The van der Waals surface area contributed by atoms with Crippen LogP contribution in [0, 0.1) is 17.8 Å². The van der Waals surface area contributed by atoms with E-state index < -0.39 is 36.4 Å². The minimum Gasteiger partial charge on any atom is -0.475 e. The Balaban J connectivity index is 0.000000348. The summed E-state index contributed by atoms with van der Waals surface area (Å²) in [6.07, 6.45) is -5.45. The Hall–Kier alpha value is -3.15. The lowest BCUT2D eigenvalue weighted by molar-refractivity contribution is -0.193. The Morgan fingerprint density at radius 1 is 0.738 bits per heavy atom. The molecule has 42 heavy (non-hydrogen) atoms. The van der Waals surface area contributed by atoms with Gasteiger partial charge in [-0.2, -0.15) is 39.5 Å². The fourth-order valence-corrected chi connectivity index (χ4v) is 4.77. The van der Waals surface area contributed by atoms with Gasteiger partial charge in [-0.1, -0.05) is 18.9 Å². The first-order valence-corrected chi connectivity index (χ1v) is 12.4. The first-order chi connectivity index (χ1) is 19.2. The van der Waals surface area contributed by atoms with E-state index in [1.54, 1.807) is 0 Å². The molecule has 0 aromatic carbocycles. The molecule has 3 aliphatic rings. The molecule has 1 saturated carbocycles. The highest BCUT2D eigenvalue weighted by Crippen LogP contribution is 2.34. The van der Waals surface area contributed by atoms with Gasteiger partial charge in [0, 0.05) is 51.7 Å². The topological polar surface area (TPSA) is 131 Å². The van der Waals surface area contributed by atoms with Crippen LogP contribution in [0.4, 0.5) is 39.5 Å². The first-order valence-electron chi connectivity index (χ1n) is 12.4. The van der Waals surface area contributed by atoms with Gasteiger partial charge in [0.05, 0.1) is 0 Å². The monoisotopic (exact) mass is 627 g/mol. The van der Waals surface area contributed by atoms with E-state index in [9.17, 15) is 39.5 Å². The number of carboxylic acid groups (broad SMARTS) is 3. The molecule has 0 spiro atoms. The average Bonchev–Trinajstić information content (AvgIpc) is 3.57. The van der Waals surface area contributed by atoms with Gasteiger partial charge in [-0.15, -0.1) is 0 Å². The third-order valence-corrected chi connectivity index (χ3v) is 6.49. The zero-order valence-electron chi connectivity index (χ0n) is 21.9. The molecule has 1 aromatic rings. The molecule has 0 unspecified atom stereocenters. The van der Waals surface area contributed by atoms with Crippen molar-refractivity contribution in [2.24, 2.45) is 17.8 Å². The standard InChI is InChI=1S/C18H27N3.3C2HF3O2/c1-2-5-15(4-1)9-20-11-17-13-21(14-18(17)12-20)10-16-6-3-7-19-8-16;3*3-2(4,5)1(6)7/h3,6-8,15,17-18H,1-2,4-5,9-14H2;3*(H,6,7)/t17-,18+;;;. The summed E-state index contributed by atoms with van der Waals surface area (Å²) in [5.41, 5.74) is 1.36. The van der Waals surface area contributed by atoms with Gasteiger partial charge in [0.15, 0.2) is 0 Å². The Kier molecular flexibility index (Phi) is 14.0. The van der Waals surface area contributed by atoms with Crippen LogP contribution in [0.3, 0.4) is 0 Å². The van der Waals surface area contributed by atoms with Crippen molar-refractivity contribution in [1.82, 2.24) is 14.8 Å². The molecule has 240 valence electrons. The quantitative estimate of drug-likeness (QED) is 0.412. The van der Waals surface area contributed by atoms with Gasteiger partial charge in [0.2, 0.25) is 0 Å². The number of hydrogen-bond donors (Lipinski definition) is 3. The molecule has 2 atom stereocenters. The van der Waals surface area contributed by atoms with Crippen molar-refractivity contribution >= 4 is 17.9 Å². The fraction of sp³-hybridized carbons (Fsp3) is 0.667. The van der Waals surface area contributed by atoms with Gasteiger partial charge in [-0.25, -0.2) is 14.4 Å². The molecule has 3 N–H and O–H groups in total. The maximum atomic E-state index is 10.6. The molecule has 18 heteroatoms. The molecular formula is C24H30F9N3O6. The number of likely N-dealkylation sites (tertiary alicyclic amines) is 2. The Morgan fingerprint density at radius 3 is 1.45 bits per heavy atom. The number of carboxylic acids is 3. The van der Waals surface area contributed by atoms with Crippen LogP contribution in [0.15, 0.2) is 24.5 Å². The summed E-state index contributed by atoms with van der Waals surface area (Å²) < 4.78 is 95.2. The van der Waals surface area contributed by atoms with E-state index in [4.69, 9.17) is 29.7 Å². The smallest absolute Gasteiger partial charge is 0.475 e. The molecule has 2 aliphatic heterocycles. The molecule has 0 radical (unpaired) electrons. The SMILES string of the molecule is O=C(O)C(F)(F)F.O=C(O)C(F)(F)F.O=C(O)C(F)(F)F.c1cncc(CN2C[C@@H]3CN(CC4CCCC4)C[C@@H]3C2)c1. The summed E-state index contributed by atoms with van der Waals surface area (Å²) in [5, 5.41) is 21.4. The highest BCUT2D eigenvalue weighted by molar-refractivity contribution is 5.73. The number of alkyl halides is 9. The maximum absolute atomic E-state index is 10.6. The van der Waals surface area contributed by atoms with Crippen molar-refractivity contribution in [2.45, 2.75) is 50.8 Å². The second kappa shape index (κ2) is 15.9. The van der Waals surface area contributed by atoms with Crippen LogP contribution in [-0.4, -0.2) is 99.3 Å². The van der Waals surface area contributed by atoms with Crippen LogP contribution >= 0.6 is 0 Å². The minimum atomic E-state index is -5.08. The van der Waals surface area contributed by atoms with Crippen LogP contribution in [0.5, 0.6) is 0 Å². The van der Waals surface area contributed by atoms with Crippen LogP contribution in [0.2, 0.25) is 0 Å². The molecule has 1 aromatic heterocycles. The van der Waals surface area contributed by atoms with E-state index >= 15 is 0 Å². The average molecular weight is 628 g/mol. The Labute approximate surface area is 233 Å². The molecule has 3 heterocycles. The molecule has 0 bridgehead atoms. The molecule has 1 aliphatic carbocycles. The van der Waals surface area contributed by atoms with Gasteiger partial charge < -0.3 is 20.2 Å². The molecule has 9 nitrogen and oxygen atoms in total. The molecule has 0 amide bonds. The number of fused-ring (bicyclic) bond motifs is 1. The lowest BCUT2D eigenvalue weighted by Crippen LogP contribution is -2.31. The molecular weight excluding hydrogens is 597 g/mol. The van der Waals surface area contributed by atoms with Crippen LogP contribution in [-0.2, 0) is 20.9 Å². The number of hydrogen-bond acceptors (Lipinski definition) is 6. The van der Waals surface area contributed by atoms with Gasteiger partial charge in [0.1, 0.15) is 0 Å². The van der Waals surface area contributed by atoms with Crippen LogP contribution in [0.1, 0.15) is 31.2 Å². The van der Waals surface area contributed by atoms with Crippen LogP contribution < -0.4 is 0 Å². The summed E-state index contributed by atoms with van der Waals surface area (Å²) in [5.74, 6) is -5.42. The third kappa shape index (κ3) is 14.2. The largest absolute Gasteiger partial charge is 0.490 e. The van der Waals surface area contributed by atoms with E-state index in [1.165, 1.54) is 64.0 Å². The van der Waals surface area contributed by atoms with Crippen molar-refractivity contribution in [1.29, 1.82) is 0 Å². The Bertz CT molecular complexity index is 929. The Morgan fingerprint density at radius 2 is 1.12 bits per heavy atom. The van der Waals surface area contributed by atoms with Crippen molar-refractivity contribution in [2.75, 3.05) is 32.7 Å². The van der Waals surface area contributed by atoms with E-state index in [1.807, 2.05) is 12.4 Å². The number of halogens is 9. The minimum absolute atomic E-state index is 0.920. The van der Waals surface area contributed by atoms with Crippen molar-refractivity contribution in [3.8, 4) is 0 Å². The van der Waals surface area contributed by atoms with E-state index in [0.29, 0.717) is 0 Å². The summed E-state index contributed by atoms with van der Waals surface area (Å²) in [6.45, 7) is 7.76. The van der Waals surface area contributed by atoms with Crippen molar-refractivity contribution < 1.29 is 69.2 Å². The molecule has 2 saturated heterocycles. The first kappa shape index (κ1) is 36.9. The zero-order chi connectivity index (χ0) is 32.3. The van der Waals surface area contributed by atoms with E-state index in [2.05, 4.69) is 26.9 Å². The summed E-state index contributed by atoms with van der Waals surface area (Å²) in [7, 11) is 0. The third-order valence-electron chi connectivity index (χ3n) is 6.49. The van der Waals surface area contributed by atoms with Gasteiger partial charge >= 0.3 is 36.4 Å². The maximum Gasteiger partial charge on any atom is 0.490 e. The van der Waals surface area contributed by atoms with Gasteiger partial charge in [0.25, 0.3) is 0 Å². The summed E-state index contributed by atoms with van der Waals surface area (Å²) in [6, 6.07) is 4.25. The number of carbonyl (C=O) groups is 3. The lowest BCUT2D eigenvalue weighted by atomic mass is 10.0. The van der Waals surface area contributed by atoms with Crippen LogP contribution in [0.25, 0.3) is 0 Å². The number of aromatic nitrogens is 1. The summed E-state index contributed by atoms with van der Waals surface area (Å²) >= 11 is 0. The normalized spacial score (nSPS) is 21.2. The van der Waals surface area contributed by atoms with Gasteiger partial charge in [-0.3, -0.25) is 9.88 Å². The second-order valence-corrected chi connectivity index (χ2v) is 9.85. The van der Waals surface area contributed by atoms with E-state index in [-0.39, 0.29) is 0 Å². The number of rotatable bonds is 4.